The van der Waals surface area contributed by atoms with Crippen molar-refractivity contribution in [3.05, 3.63) is 60.4 Å². The van der Waals surface area contributed by atoms with E-state index in [1.165, 1.54) is 0 Å². The standard InChI is InChI=1S/C15H17N3O2/c1-15(19,13-5-4-8-20-13)11-16-9-12-10-18-7-3-2-6-14(18)17-12/h2-8,10,16,19H,9,11H2,1H3. The highest BCUT2D eigenvalue weighted by Gasteiger charge is 2.25. The zero-order valence-corrected chi connectivity index (χ0v) is 11.3. The van der Waals surface area contributed by atoms with Crippen LogP contribution in [-0.2, 0) is 12.1 Å². The summed E-state index contributed by atoms with van der Waals surface area (Å²) in [5, 5.41) is 13.5. The van der Waals surface area contributed by atoms with Crippen molar-refractivity contribution in [2.75, 3.05) is 6.54 Å². The number of furan rings is 1. The fourth-order valence-electron chi connectivity index (χ4n) is 2.18. The van der Waals surface area contributed by atoms with E-state index >= 15 is 0 Å². The molecule has 0 saturated heterocycles. The van der Waals surface area contributed by atoms with Crippen LogP contribution in [0.3, 0.4) is 0 Å². The second-order valence-electron chi connectivity index (χ2n) is 5.05. The summed E-state index contributed by atoms with van der Waals surface area (Å²) in [5.41, 5.74) is 0.830. The molecule has 5 nitrogen and oxygen atoms in total. The Morgan fingerprint density at radius 1 is 1.35 bits per heavy atom. The molecule has 5 heteroatoms. The summed E-state index contributed by atoms with van der Waals surface area (Å²) in [4.78, 5) is 4.49. The van der Waals surface area contributed by atoms with E-state index in [0.717, 1.165) is 11.3 Å². The summed E-state index contributed by atoms with van der Waals surface area (Å²) >= 11 is 0. The van der Waals surface area contributed by atoms with Crippen LogP contribution in [0.5, 0.6) is 0 Å². The number of nitrogens with one attached hydrogen (secondary N) is 1. The van der Waals surface area contributed by atoms with Crippen molar-refractivity contribution >= 4 is 5.65 Å². The van der Waals surface area contributed by atoms with Gasteiger partial charge in [0.25, 0.3) is 0 Å². The van der Waals surface area contributed by atoms with Crippen LogP contribution in [0.1, 0.15) is 18.4 Å². The molecule has 20 heavy (non-hydrogen) atoms. The first-order chi connectivity index (χ1) is 9.65. The second kappa shape index (κ2) is 5.11. The van der Waals surface area contributed by atoms with Gasteiger partial charge >= 0.3 is 0 Å². The molecule has 3 heterocycles. The summed E-state index contributed by atoms with van der Waals surface area (Å²) in [7, 11) is 0. The average Bonchev–Trinajstić information content (AvgIpc) is 3.07. The first kappa shape index (κ1) is 12.9. The maximum absolute atomic E-state index is 10.3. The van der Waals surface area contributed by atoms with Crippen LogP contribution >= 0.6 is 0 Å². The van der Waals surface area contributed by atoms with E-state index < -0.39 is 5.60 Å². The molecule has 0 bridgehead atoms. The van der Waals surface area contributed by atoms with Crippen LogP contribution in [0.25, 0.3) is 5.65 Å². The van der Waals surface area contributed by atoms with Crippen LogP contribution in [0.4, 0.5) is 0 Å². The van der Waals surface area contributed by atoms with Crippen molar-refractivity contribution in [2.24, 2.45) is 0 Å². The summed E-state index contributed by atoms with van der Waals surface area (Å²) < 4.78 is 7.21. The van der Waals surface area contributed by atoms with Gasteiger partial charge in [0.15, 0.2) is 0 Å². The molecule has 0 aliphatic rings. The third kappa shape index (κ3) is 2.59. The number of fused-ring (bicyclic) bond motifs is 1. The summed E-state index contributed by atoms with van der Waals surface area (Å²) in [6.07, 6.45) is 5.50. The highest BCUT2D eigenvalue weighted by atomic mass is 16.4. The van der Waals surface area contributed by atoms with E-state index in [4.69, 9.17) is 4.42 Å². The zero-order valence-electron chi connectivity index (χ0n) is 11.3. The molecular weight excluding hydrogens is 254 g/mol. The van der Waals surface area contributed by atoms with Crippen LogP contribution in [0.2, 0.25) is 0 Å². The lowest BCUT2D eigenvalue weighted by Gasteiger charge is -2.20. The van der Waals surface area contributed by atoms with Gasteiger partial charge in [0.2, 0.25) is 0 Å². The number of pyridine rings is 1. The van der Waals surface area contributed by atoms with Crippen LogP contribution < -0.4 is 5.32 Å². The number of imidazole rings is 1. The molecule has 3 aromatic rings. The van der Waals surface area contributed by atoms with Gasteiger partial charge in [0.1, 0.15) is 17.0 Å². The van der Waals surface area contributed by atoms with Gasteiger partial charge in [-0.2, -0.15) is 0 Å². The summed E-state index contributed by atoms with van der Waals surface area (Å²) in [5.74, 6) is 0.556. The lowest BCUT2D eigenvalue weighted by atomic mass is 10.0. The zero-order chi connectivity index (χ0) is 14.0. The molecule has 0 aliphatic carbocycles. The predicted octanol–water partition coefficient (Wildman–Crippen LogP) is 1.92. The Morgan fingerprint density at radius 3 is 3.00 bits per heavy atom. The summed E-state index contributed by atoms with van der Waals surface area (Å²) in [6, 6.07) is 9.43. The number of aromatic nitrogens is 2. The molecule has 3 aromatic heterocycles. The lowest BCUT2D eigenvalue weighted by Crippen LogP contribution is -2.34. The van der Waals surface area contributed by atoms with E-state index in [9.17, 15) is 5.11 Å². The van der Waals surface area contributed by atoms with Crippen LogP contribution in [0, 0.1) is 0 Å². The molecule has 104 valence electrons. The van der Waals surface area contributed by atoms with E-state index in [0.29, 0.717) is 18.8 Å². The van der Waals surface area contributed by atoms with Gasteiger partial charge in [-0.15, -0.1) is 0 Å². The first-order valence-electron chi connectivity index (χ1n) is 6.55. The van der Waals surface area contributed by atoms with Crippen LogP contribution in [0.15, 0.2) is 53.4 Å². The molecule has 0 radical (unpaired) electrons. The average molecular weight is 271 g/mol. The Kier molecular flexibility index (Phi) is 3.30. The number of hydrogen-bond acceptors (Lipinski definition) is 4. The minimum Gasteiger partial charge on any atom is -0.466 e. The number of rotatable bonds is 5. The van der Waals surface area contributed by atoms with Crippen molar-refractivity contribution in [1.29, 1.82) is 0 Å². The lowest BCUT2D eigenvalue weighted by molar-refractivity contribution is 0.0340. The molecule has 0 amide bonds. The van der Waals surface area contributed by atoms with E-state index in [2.05, 4.69) is 10.3 Å². The monoisotopic (exact) mass is 271 g/mol. The molecule has 0 aliphatic heterocycles. The number of hydrogen-bond donors (Lipinski definition) is 2. The smallest absolute Gasteiger partial charge is 0.137 e. The summed E-state index contributed by atoms with van der Waals surface area (Å²) in [6.45, 7) is 2.72. The molecule has 0 aromatic carbocycles. The maximum atomic E-state index is 10.3. The van der Waals surface area contributed by atoms with Gasteiger partial charge in [-0.1, -0.05) is 6.07 Å². The molecule has 3 rings (SSSR count). The fourth-order valence-corrected chi connectivity index (χ4v) is 2.18. The molecule has 1 atom stereocenters. The van der Waals surface area contributed by atoms with Crippen molar-refractivity contribution in [1.82, 2.24) is 14.7 Å². The fraction of sp³-hybridized carbons (Fsp3) is 0.267. The highest BCUT2D eigenvalue weighted by molar-refractivity contribution is 5.39. The van der Waals surface area contributed by atoms with Crippen molar-refractivity contribution in [3.63, 3.8) is 0 Å². The van der Waals surface area contributed by atoms with Gasteiger partial charge in [-0.3, -0.25) is 0 Å². The molecule has 0 spiro atoms. The molecule has 0 fully saturated rings. The Bertz CT molecular complexity index is 653. The third-order valence-electron chi connectivity index (χ3n) is 3.24. The highest BCUT2D eigenvalue weighted by Crippen LogP contribution is 2.19. The van der Waals surface area contributed by atoms with Gasteiger partial charge < -0.3 is 19.2 Å². The van der Waals surface area contributed by atoms with Crippen molar-refractivity contribution < 1.29 is 9.52 Å². The largest absolute Gasteiger partial charge is 0.466 e. The molecule has 0 saturated carbocycles. The molecule has 1 unspecified atom stereocenters. The number of aliphatic hydroxyl groups is 1. The quantitative estimate of drug-likeness (QED) is 0.744. The second-order valence-corrected chi connectivity index (χ2v) is 5.05. The maximum Gasteiger partial charge on any atom is 0.137 e. The predicted molar refractivity (Wildman–Crippen MR) is 75.2 cm³/mol. The topological polar surface area (TPSA) is 62.7 Å². The van der Waals surface area contributed by atoms with E-state index in [1.54, 1.807) is 25.3 Å². The van der Waals surface area contributed by atoms with Crippen molar-refractivity contribution in [2.45, 2.75) is 19.1 Å². The molecule has 2 N–H and O–H groups in total. The minimum atomic E-state index is -1.03. The Balaban J connectivity index is 1.62. The van der Waals surface area contributed by atoms with Gasteiger partial charge in [-0.25, -0.2) is 4.98 Å². The van der Waals surface area contributed by atoms with E-state index in [1.807, 2.05) is 35.0 Å². The first-order valence-corrected chi connectivity index (χ1v) is 6.55. The van der Waals surface area contributed by atoms with Crippen molar-refractivity contribution in [3.8, 4) is 0 Å². The number of nitrogens with zero attached hydrogens (tertiary/aromatic N) is 2. The third-order valence-corrected chi connectivity index (χ3v) is 3.24. The Hall–Kier alpha value is -2.11. The van der Waals surface area contributed by atoms with Gasteiger partial charge in [0, 0.05) is 25.5 Å². The van der Waals surface area contributed by atoms with Gasteiger partial charge in [-0.05, 0) is 31.2 Å². The van der Waals surface area contributed by atoms with E-state index in [-0.39, 0.29) is 0 Å². The minimum absolute atomic E-state index is 0.397. The SMILES string of the molecule is CC(O)(CNCc1cn2ccccc2n1)c1ccco1. The van der Waals surface area contributed by atoms with Gasteiger partial charge in [0.05, 0.1) is 12.0 Å². The normalized spacial score (nSPS) is 14.5. The van der Waals surface area contributed by atoms with Crippen LogP contribution in [-0.4, -0.2) is 21.0 Å². The molecular formula is C15H17N3O2. The Labute approximate surface area is 116 Å². The Morgan fingerprint density at radius 2 is 2.25 bits per heavy atom.